The SMILES string of the molecule is O=C(c1ccc2ccccc2c1)c1ccc(=O)n(-c2ccccc2)n1. The summed E-state index contributed by atoms with van der Waals surface area (Å²) < 4.78 is 1.24. The highest BCUT2D eigenvalue weighted by atomic mass is 16.1. The number of para-hydroxylation sites is 1. The lowest BCUT2D eigenvalue weighted by atomic mass is 10.0. The minimum absolute atomic E-state index is 0.213. The summed E-state index contributed by atoms with van der Waals surface area (Å²) in [5.41, 5.74) is 1.13. The average molecular weight is 326 g/mol. The van der Waals surface area contributed by atoms with E-state index in [9.17, 15) is 9.59 Å². The second-order valence-electron chi connectivity index (χ2n) is 5.70. The van der Waals surface area contributed by atoms with Crippen LogP contribution in [-0.2, 0) is 0 Å². The predicted octanol–water partition coefficient (Wildman–Crippen LogP) is 3.62. The lowest BCUT2D eigenvalue weighted by Crippen LogP contribution is -2.22. The molecule has 1 heterocycles. The molecule has 0 aliphatic rings. The first-order valence-corrected chi connectivity index (χ1v) is 7.92. The van der Waals surface area contributed by atoms with Crippen molar-refractivity contribution in [2.75, 3.05) is 0 Å². The van der Waals surface area contributed by atoms with Crippen LogP contribution in [0.4, 0.5) is 0 Å². The molecule has 0 atom stereocenters. The van der Waals surface area contributed by atoms with Gasteiger partial charge in [-0.3, -0.25) is 9.59 Å². The van der Waals surface area contributed by atoms with Gasteiger partial charge in [0, 0.05) is 11.6 Å². The van der Waals surface area contributed by atoms with Gasteiger partial charge in [0.05, 0.1) is 5.69 Å². The molecule has 4 heteroatoms. The Kier molecular flexibility index (Phi) is 3.71. The minimum atomic E-state index is -0.277. The highest BCUT2D eigenvalue weighted by Gasteiger charge is 2.13. The molecule has 0 radical (unpaired) electrons. The Morgan fingerprint density at radius 1 is 0.760 bits per heavy atom. The Morgan fingerprint density at radius 2 is 1.48 bits per heavy atom. The lowest BCUT2D eigenvalue weighted by Gasteiger charge is -2.07. The van der Waals surface area contributed by atoms with E-state index < -0.39 is 0 Å². The molecule has 0 N–H and O–H groups in total. The number of aromatic nitrogens is 2. The van der Waals surface area contributed by atoms with Crippen LogP contribution >= 0.6 is 0 Å². The zero-order valence-corrected chi connectivity index (χ0v) is 13.3. The molecule has 4 rings (SSSR count). The summed E-state index contributed by atoms with van der Waals surface area (Å²) in [5.74, 6) is -0.213. The van der Waals surface area contributed by atoms with Crippen LogP contribution in [0.3, 0.4) is 0 Å². The van der Waals surface area contributed by atoms with Gasteiger partial charge in [-0.2, -0.15) is 9.78 Å². The number of nitrogens with zero attached hydrogens (tertiary/aromatic N) is 2. The van der Waals surface area contributed by atoms with Crippen LogP contribution in [-0.4, -0.2) is 15.6 Å². The molecule has 0 spiro atoms. The number of rotatable bonds is 3. The average Bonchev–Trinajstić information content (AvgIpc) is 2.68. The van der Waals surface area contributed by atoms with Crippen molar-refractivity contribution in [3.63, 3.8) is 0 Å². The normalized spacial score (nSPS) is 10.7. The van der Waals surface area contributed by atoms with Gasteiger partial charge in [-0.25, -0.2) is 0 Å². The van der Waals surface area contributed by atoms with Crippen LogP contribution in [0.5, 0.6) is 0 Å². The summed E-state index contributed by atoms with van der Waals surface area (Å²) in [6.07, 6.45) is 0. The second kappa shape index (κ2) is 6.17. The Bertz CT molecular complexity index is 1130. The number of benzene rings is 3. The maximum absolute atomic E-state index is 12.8. The smallest absolute Gasteiger partial charge is 0.271 e. The van der Waals surface area contributed by atoms with Crippen molar-refractivity contribution >= 4 is 16.6 Å². The minimum Gasteiger partial charge on any atom is -0.287 e. The van der Waals surface area contributed by atoms with Crippen LogP contribution in [0.25, 0.3) is 16.5 Å². The molecule has 0 saturated heterocycles. The zero-order valence-electron chi connectivity index (χ0n) is 13.3. The summed E-state index contributed by atoms with van der Waals surface area (Å²) in [7, 11) is 0. The fraction of sp³-hybridized carbons (Fsp3) is 0. The van der Waals surface area contributed by atoms with E-state index in [1.165, 1.54) is 16.8 Å². The van der Waals surface area contributed by atoms with Gasteiger partial charge in [0.2, 0.25) is 5.78 Å². The van der Waals surface area contributed by atoms with Gasteiger partial charge in [-0.15, -0.1) is 0 Å². The molecule has 0 aliphatic carbocycles. The molecule has 0 fully saturated rings. The number of hydrogen-bond donors (Lipinski definition) is 0. The van der Waals surface area contributed by atoms with Gasteiger partial charge in [0.15, 0.2) is 0 Å². The number of fused-ring (bicyclic) bond motifs is 1. The third-order valence-electron chi connectivity index (χ3n) is 4.05. The molecule has 4 aromatic rings. The molecule has 0 saturated carbocycles. The maximum atomic E-state index is 12.8. The first-order valence-electron chi connectivity index (χ1n) is 7.92. The van der Waals surface area contributed by atoms with Gasteiger partial charge >= 0.3 is 0 Å². The topological polar surface area (TPSA) is 52.0 Å². The van der Waals surface area contributed by atoms with E-state index in [-0.39, 0.29) is 17.0 Å². The van der Waals surface area contributed by atoms with Crippen LogP contribution < -0.4 is 5.56 Å². The van der Waals surface area contributed by atoms with E-state index in [0.717, 1.165) is 10.8 Å². The van der Waals surface area contributed by atoms with E-state index in [2.05, 4.69) is 5.10 Å². The number of ketones is 1. The molecule has 3 aromatic carbocycles. The molecule has 1 aromatic heterocycles. The van der Waals surface area contributed by atoms with E-state index in [1.54, 1.807) is 18.2 Å². The van der Waals surface area contributed by atoms with Crippen LogP contribution in [0.15, 0.2) is 89.7 Å². The Labute approximate surface area is 144 Å². The Hall–Kier alpha value is -3.53. The van der Waals surface area contributed by atoms with Gasteiger partial charge in [-0.1, -0.05) is 54.6 Å². The molecule has 25 heavy (non-hydrogen) atoms. The fourth-order valence-electron chi connectivity index (χ4n) is 2.76. The van der Waals surface area contributed by atoms with Gasteiger partial charge in [-0.05, 0) is 35.0 Å². The highest BCUT2D eigenvalue weighted by Crippen LogP contribution is 2.17. The van der Waals surface area contributed by atoms with E-state index in [0.29, 0.717) is 11.3 Å². The summed E-state index contributed by atoms with van der Waals surface area (Å²) in [6, 6.07) is 25.3. The number of carbonyl (C=O) groups excluding carboxylic acids is 1. The molecular formula is C21H14N2O2. The van der Waals surface area contributed by atoms with Crippen molar-refractivity contribution in [2.45, 2.75) is 0 Å². The monoisotopic (exact) mass is 326 g/mol. The quantitative estimate of drug-likeness (QED) is 0.540. The largest absolute Gasteiger partial charge is 0.287 e. The second-order valence-corrected chi connectivity index (χ2v) is 5.70. The molecule has 0 unspecified atom stereocenters. The Morgan fingerprint density at radius 3 is 2.28 bits per heavy atom. The Balaban J connectivity index is 1.78. The van der Waals surface area contributed by atoms with E-state index in [1.807, 2.05) is 54.6 Å². The van der Waals surface area contributed by atoms with E-state index in [4.69, 9.17) is 0 Å². The van der Waals surface area contributed by atoms with Gasteiger partial charge in [0.1, 0.15) is 5.69 Å². The van der Waals surface area contributed by atoms with Crippen LogP contribution in [0.2, 0.25) is 0 Å². The van der Waals surface area contributed by atoms with E-state index >= 15 is 0 Å². The molecular weight excluding hydrogens is 312 g/mol. The van der Waals surface area contributed by atoms with Crippen molar-refractivity contribution in [3.05, 3.63) is 107 Å². The molecule has 0 aliphatic heterocycles. The van der Waals surface area contributed by atoms with Crippen molar-refractivity contribution in [1.29, 1.82) is 0 Å². The molecule has 4 nitrogen and oxygen atoms in total. The fourth-order valence-corrected chi connectivity index (χ4v) is 2.76. The summed E-state index contributed by atoms with van der Waals surface area (Å²) in [5, 5.41) is 6.31. The first-order chi connectivity index (χ1) is 12.2. The van der Waals surface area contributed by atoms with Crippen LogP contribution in [0.1, 0.15) is 16.1 Å². The van der Waals surface area contributed by atoms with Gasteiger partial charge in [0.25, 0.3) is 5.56 Å². The zero-order chi connectivity index (χ0) is 17.2. The molecule has 0 amide bonds. The number of hydrogen-bond acceptors (Lipinski definition) is 3. The van der Waals surface area contributed by atoms with Crippen molar-refractivity contribution in [2.24, 2.45) is 0 Å². The van der Waals surface area contributed by atoms with Crippen molar-refractivity contribution < 1.29 is 4.79 Å². The van der Waals surface area contributed by atoms with Crippen molar-refractivity contribution in [3.8, 4) is 5.69 Å². The third kappa shape index (κ3) is 2.85. The lowest BCUT2D eigenvalue weighted by molar-refractivity contribution is 0.103. The standard InChI is InChI=1S/C21H14N2O2/c24-20-13-12-19(22-23(20)18-8-2-1-3-9-18)21(25)17-11-10-15-6-4-5-7-16(15)14-17/h1-14H. The first kappa shape index (κ1) is 15.0. The summed E-state index contributed by atoms with van der Waals surface area (Å²) >= 11 is 0. The van der Waals surface area contributed by atoms with Crippen LogP contribution in [0, 0.1) is 0 Å². The predicted molar refractivity (Wildman–Crippen MR) is 97.2 cm³/mol. The highest BCUT2D eigenvalue weighted by molar-refractivity contribution is 6.09. The summed E-state index contributed by atoms with van der Waals surface area (Å²) in [4.78, 5) is 24.9. The molecule has 0 bridgehead atoms. The molecule has 120 valence electrons. The maximum Gasteiger partial charge on any atom is 0.271 e. The third-order valence-corrected chi connectivity index (χ3v) is 4.05. The van der Waals surface area contributed by atoms with Gasteiger partial charge < -0.3 is 0 Å². The summed E-state index contributed by atoms with van der Waals surface area (Å²) in [6.45, 7) is 0. The van der Waals surface area contributed by atoms with Crippen molar-refractivity contribution in [1.82, 2.24) is 9.78 Å². The number of carbonyl (C=O) groups is 1.